The lowest BCUT2D eigenvalue weighted by molar-refractivity contribution is -0.145. The Morgan fingerprint density at radius 1 is 1.30 bits per heavy atom. The number of carbonyl (C=O) groups excluding carboxylic acids is 1. The molecule has 0 heterocycles. The third-order valence-electron chi connectivity index (χ3n) is 2.77. The summed E-state index contributed by atoms with van der Waals surface area (Å²) < 4.78 is 10.5. The van der Waals surface area contributed by atoms with E-state index in [1.54, 1.807) is 0 Å². The van der Waals surface area contributed by atoms with E-state index in [0.29, 0.717) is 12.2 Å². The number of carbonyl (C=O) groups is 2. The average Bonchev–Trinajstić information content (AvgIpc) is 2.42. The molecule has 0 bridgehead atoms. The van der Waals surface area contributed by atoms with Crippen LogP contribution in [0.3, 0.4) is 0 Å². The molecule has 6 nitrogen and oxygen atoms in total. The Kier molecular flexibility index (Phi) is 5.83. The average molecular weight is 281 g/mol. The standard InChI is InChI=1S/C14H19NO5/c1-3-4-5-12(14(17)18)20-11-7-9(13(15)16)6-10(8-11)19-2/h6-8,12H,3-5H2,1-2H3,(H2,15,16)(H,17,18). The number of ether oxygens (including phenoxy) is 2. The van der Waals surface area contributed by atoms with Gasteiger partial charge in [-0.15, -0.1) is 0 Å². The lowest BCUT2D eigenvalue weighted by Gasteiger charge is -2.16. The minimum atomic E-state index is -1.04. The highest BCUT2D eigenvalue weighted by molar-refractivity contribution is 5.93. The first-order valence-electron chi connectivity index (χ1n) is 6.36. The molecule has 1 aromatic carbocycles. The number of hydrogen-bond donors (Lipinski definition) is 2. The maximum atomic E-state index is 11.2. The van der Waals surface area contributed by atoms with Crippen molar-refractivity contribution in [2.24, 2.45) is 5.73 Å². The molecular formula is C14H19NO5. The number of methoxy groups -OCH3 is 1. The van der Waals surface area contributed by atoms with Crippen LogP contribution in [-0.2, 0) is 4.79 Å². The minimum absolute atomic E-state index is 0.207. The molecular weight excluding hydrogens is 262 g/mol. The van der Waals surface area contributed by atoms with Crippen LogP contribution in [0.25, 0.3) is 0 Å². The largest absolute Gasteiger partial charge is 0.497 e. The highest BCUT2D eigenvalue weighted by atomic mass is 16.5. The zero-order valence-corrected chi connectivity index (χ0v) is 11.6. The fourth-order valence-electron chi connectivity index (χ4n) is 1.69. The number of amides is 1. The normalized spacial score (nSPS) is 11.7. The number of benzene rings is 1. The van der Waals surface area contributed by atoms with Crippen molar-refractivity contribution in [1.29, 1.82) is 0 Å². The van der Waals surface area contributed by atoms with Crippen LogP contribution in [0.1, 0.15) is 36.5 Å². The van der Waals surface area contributed by atoms with Crippen molar-refractivity contribution < 1.29 is 24.2 Å². The molecule has 0 saturated carbocycles. The molecule has 1 amide bonds. The molecule has 1 rings (SSSR count). The van der Waals surface area contributed by atoms with Gasteiger partial charge in [0.2, 0.25) is 5.91 Å². The van der Waals surface area contributed by atoms with E-state index in [2.05, 4.69) is 0 Å². The molecule has 6 heteroatoms. The van der Waals surface area contributed by atoms with Crippen molar-refractivity contribution in [2.45, 2.75) is 32.3 Å². The second-order valence-corrected chi connectivity index (χ2v) is 4.35. The monoisotopic (exact) mass is 281 g/mol. The van der Waals surface area contributed by atoms with Crippen LogP contribution in [0.2, 0.25) is 0 Å². The first kappa shape index (κ1) is 15.8. The lowest BCUT2D eigenvalue weighted by Crippen LogP contribution is -2.27. The number of aliphatic carboxylic acids is 1. The molecule has 20 heavy (non-hydrogen) atoms. The van der Waals surface area contributed by atoms with Crippen molar-refractivity contribution in [3.05, 3.63) is 23.8 Å². The zero-order valence-electron chi connectivity index (χ0n) is 11.6. The number of hydrogen-bond acceptors (Lipinski definition) is 4. The Balaban J connectivity index is 2.96. The van der Waals surface area contributed by atoms with E-state index < -0.39 is 18.0 Å². The first-order chi connectivity index (χ1) is 9.47. The number of rotatable bonds is 8. The summed E-state index contributed by atoms with van der Waals surface area (Å²) >= 11 is 0. The first-order valence-corrected chi connectivity index (χ1v) is 6.36. The molecule has 1 aromatic rings. The van der Waals surface area contributed by atoms with Crippen LogP contribution >= 0.6 is 0 Å². The van der Waals surface area contributed by atoms with Gasteiger partial charge in [0.1, 0.15) is 11.5 Å². The van der Waals surface area contributed by atoms with Gasteiger partial charge in [-0.2, -0.15) is 0 Å². The van der Waals surface area contributed by atoms with Crippen molar-refractivity contribution in [3.8, 4) is 11.5 Å². The van der Waals surface area contributed by atoms with Gasteiger partial charge in [0, 0.05) is 11.6 Å². The maximum Gasteiger partial charge on any atom is 0.344 e. The number of unbranched alkanes of at least 4 members (excludes halogenated alkanes) is 1. The van der Waals surface area contributed by atoms with Gasteiger partial charge in [-0.25, -0.2) is 4.79 Å². The predicted molar refractivity (Wildman–Crippen MR) is 73.1 cm³/mol. The zero-order chi connectivity index (χ0) is 15.1. The van der Waals surface area contributed by atoms with Crippen molar-refractivity contribution in [1.82, 2.24) is 0 Å². The van der Waals surface area contributed by atoms with Gasteiger partial charge in [0.25, 0.3) is 0 Å². The molecule has 0 aliphatic carbocycles. The fraction of sp³-hybridized carbons (Fsp3) is 0.429. The number of nitrogens with two attached hydrogens (primary N) is 1. The molecule has 0 radical (unpaired) electrons. The summed E-state index contributed by atoms with van der Waals surface area (Å²) in [6.45, 7) is 1.97. The second kappa shape index (κ2) is 7.37. The van der Waals surface area contributed by atoms with E-state index in [-0.39, 0.29) is 11.3 Å². The summed E-state index contributed by atoms with van der Waals surface area (Å²) in [4.78, 5) is 22.3. The van der Waals surface area contributed by atoms with Gasteiger partial charge in [-0.1, -0.05) is 13.3 Å². The third kappa shape index (κ3) is 4.46. The molecule has 0 saturated heterocycles. The van der Waals surface area contributed by atoms with Crippen LogP contribution in [-0.4, -0.2) is 30.2 Å². The molecule has 1 atom stereocenters. The van der Waals surface area contributed by atoms with Crippen molar-refractivity contribution in [3.63, 3.8) is 0 Å². The smallest absolute Gasteiger partial charge is 0.344 e. The Labute approximate surface area is 117 Å². The Hall–Kier alpha value is -2.24. The molecule has 3 N–H and O–H groups in total. The summed E-state index contributed by atoms with van der Waals surface area (Å²) in [6, 6.07) is 4.40. The van der Waals surface area contributed by atoms with Crippen LogP contribution in [0, 0.1) is 0 Å². The quantitative estimate of drug-likeness (QED) is 0.757. The van der Waals surface area contributed by atoms with E-state index >= 15 is 0 Å². The van der Waals surface area contributed by atoms with E-state index in [1.165, 1.54) is 25.3 Å². The van der Waals surface area contributed by atoms with Gasteiger partial charge < -0.3 is 20.3 Å². The molecule has 0 aliphatic heterocycles. The molecule has 0 aliphatic rings. The minimum Gasteiger partial charge on any atom is -0.497 e. The van der Waals surface area contributed by atoms with Crippen LogP contribution in [0.4, 0.5) is 0 Å². The Bertz CT molecular complexity index is 486. The van der Waals surface area contributed by atoms with Gasteiger partial charge in [0.15, 0.2) is 6.10 Å². The molecule has 110 valence electrons. The predicted octanol–water partition coefficient (Wildman–Crippen LogP) is 1.82. The van der Waals surface area contributed by atoms with E-state index in [4.69, 9.17) is 20.3 Å². The van der Waals surface area contributed by atoms with E-state index in [9.17, 15) is 9.59 Å². The number of carboxylic acids is 1. The van der Waals surface area contributed by atoms with Gasteiger partial charge >= 0.3 is 5.97 Å². The van der Waals surface area contributed by atoms with Gasteiger partial charge in [-0.05, 0) is 25.0 Å². The van der Waals surface area contributed by atoms with Crippen LogP contribution < -0.4 is 15.2 Å². The van der Waals surface area contributed by atoms with E-state index in [0.717, 1.165) is 12.8 Å². The molecule has 0 spiro atoms. The second-order valence-electron chi connectivity index (χ2n) is 4.35. The molecule has 0 aromatic heterocycles. The highest BCUT2D eigenvalue weighted by Gasteiger charge is 2.19. The molecule has 0 fully saturated rings. The number of carboxylic acid groups (broad SMARTS) is 1. The number of primary amides is 1. The van der Waals surface area contributed by atoms with Gasteiger partial charge in [0.05, 0.1) is 7.11 Å². The van der Waals surface area contributed by atoms with Crippen LogP contribution in [0.5, 0.6) is 11.5 Å². The summed E-state index contributed by atoms with van der Waals surface area (Å²) in [7, 11) is 1.44. The Morgan fingerprint density at radius 2 is 1.95 bits per heavy atom. The summed E-state index contributed by atoms with van der Waals surface area (Å²) in [6.07, 6.45) is 1.05. The summed E-state index contributed by atoms with van der Waals surface area (Å²) in [5.74, 6) is -1.03. The summed E-state index contributed by atoms with van der Waals surface area (Å²) in [5, 5.41) is 9.12. The third-order valence-corrected chi connectivity index (χ3v) is 2.77. The topological polar surface area (TPSA) is 98.9 Å². The van der Waals surface area contributed by atoms with E-state index in [1.807, 2.05) is 6.92 Å². The summed E-state index contributed by atoms with van der Waals surface area (Å²) in [5.41, 5.74) is 5.42. The maximum absolute atomic E-state index is 11.2. The van der Waals surface area contributed by atoms with Gasteiger partial charge in [-0.3, -0.25) is 4.79 Å². The van der Waals surface area contributed by atoms with Crippen molar-refractivity contribution >= 4 is 11.9 Å². The SMILES string of the molecule is CCCCC(Oc1cc(OC)cc(C(N)=O)c1)C(=O)O. The lowest BCUT2D eigenvalue weighted by atomic mass is 10.1. The highest BCUT2D eigenvalue weighted by Crippen LogP contribution is 2.24. The molecule has 1 unspecified atom stereocenters. The van der Waals surface area contributed by atoms with Crippen molar-refractivity contribution in [2.75, 3.05) is 7.11 Å². The Morgan fingerprint density at radius 3 is 2.45 bits per heavy atom. The fourth-order valence-corrected chi connectivity index (χ4v) is 1.69. The van der Waals surface area contributed by atoms with Crippen LogP contribution in [0.15, 0.2) is 18.2 Å².